The summed E-state index contributed by atoms with van der Waals surface area (Å²) < 4.78 is 16.8. The van der Waals surface area contributed by atoms with Gasteiger partial charge in [0.1, 0.15) is 13.2 Å². The first-order chi connectivity index (χ1) is 38.0. The summed E-state index contributed by atoms with van der Waals surface area (Å²) in [5.41, 5.74) is 0. The first kappa shape index (κ1) is 73.1. The Morgan fingerprint density at radius 2 is 0.506 bits per heavy atom. The molecule has 0 aromatic rings. The van der Waals surface area contributed by atoms with E-state index in [1.165, 1.54) is 141 Å². The lowest BCUT2D eigenvalue weighted by atomic mass is 10.0. The van der Waals surface area contributed by atoms with Crippen LogP contribution in [-0.2, 0) is 28.6 Å². The minimum Gasteiger partial charge on any atom is -0.462 e. The van der Waals surface area contributed by atoms with Gasteiger partial charge >= 0.3 is 17.9 Å². The van der Waals surface area contributed by atoms with Gasteiger partial charge in [-0.05, 0) is 109 Å². The quantitative estimate of drug-likeness (QED) is 0.0261. The van der Waals surface area contributed by atoms with E-state index in [2.05, 4.69) is 130 Å². The van der Waals surface area contributed by atoms with Crippen LogP contribution in [0.4, 0.5) is 0 Å². The fraction of sp³-hybridized carbons (Fsp3) is 0.704. The van der Waals surface area contributed by atoms with Gasteiger partial charge in [0.05, 0.1) is 0 Å². The van der Waals surface area contributed by atoms with Crippen molar-refractivity contribution in [3.8, 4) is 0 Å². The van der Waals surface area contributed by atoms with Gasteiger partial charge in [0.25, 0.3) is 0 Å². The van der Waals surface area contributed by atoms with Gasteiger partial charge in [0.15, 0.2) is 6.10 Å². The number of carbonyl (C=O) groups excluding carboxylic acids is 3. The van der Waals surface area contributed by atoms with Crippen molar-refractivity contribution in [1.82, 2.24) is 0 Å². The standard InChI is InChI=1S/C71H120O6/c1-4-7-10-13-16-18-20-22-24-26-28-29-30-31-32-33-34-35-36-37-38-39-40-41-43-44-46-48-50-52-55-58-61-64-70(73)76-67-68(66-75-69(72)63-60-57-54-15-12-9-6-3)77-71(74)65-62-59-56-53-51-49-47-45-42-27-25-23-21-19-17-14-11-8-5-2/h7,10,16-19,22-25,28-29,31-32,34-35,42,45,68H,4-6,8-9,11-15,20-21,26-27,30,33,36-41,43-44,46-67H2,1-3H3/b10-7-,18-16-,19-17-,24-22-,25-23-,29-28-,32-31-,35-34-,45-42-. The third kappa shape index (κ3) is 62.8. The van der Waals surface area contributed by atoms with Crippen LogP contribution in [-0.4, -0.2) is 37.2 Å². The highest BCUT2D eigenvalue weighted by Crippen LogP contribution is 2.16. The lowest BCUT2D eigenvalue weighted by Gasteiger charge is -2.18. The Bertz CT molecular complexity index is 1560. The van der Waals surface area contributed by atoms with Crippen molar-refractivity contribution >= 4 is 17.9 Å². The molecule has 0 rings (SSSR count). The Morgan fingerprint density at radius 1 is 0.273 bits per heavy atom. The zero-order chi connectivity index (χ0) is 55.7. The van der Waals surface area contributed by atoms with Crippen molar-refractivity contribution in [2.45, 2.75) is 309 Å². The highest BCUT2D eigenvalue weighted by atomic mass is 16.6. The Balaban J connectivity index is 4.09. The van der Waals surface area contributed by atoms with Crippen LogP contribution in [0, 0.1) is 0 Å². The number of hydrogen-bond donors (Lipinski definition) is 0. The van der Waals surface area contributed by atoms with Crippen molar-refractivity contribution in [2.24, 2.45) is 0 Å². The van der Waals surface area contributed by atoms with Gasteiger partial charge in [-0.25, -0.2) is 0 Å². The van der Waals surface area contributed by atoms with E-state index in [4.69, 9.17) is 14.2 Å². The second kappa shape index (κ2) is 64.6. The molecule has 0 heterocycles. The van der Waals surface area contributed by atoms with E-state index in [0.29, 0.717) is 19.3 Å². The number of esters is 3. The van der Waals surface area contributed by atoms with Crippen LogP contribution in [0.2, 0.25) is 0 Å². The molecule has 0 saturated carbocycles. The molecule has 0 amide bonds. The lowest BCUT2D eigenvalue weighted by molar-refractivity contribution is -0.167. The number of unbranched alkanes of at least 4 members (excludes halogenated alkanes) is 29. The second-order valence-corrected chi connectivity index (χ2v) is 21.3. The van der Waals surface area contributed by atoms with E-state index in [9.17, 15) is 14.4 Å². The monoisotopic (exact) mass is 1070 g/mol. The minimum atomic E-state index is -0.783. The summed E-state index contributed by atoms with van der Waals surface area (Å²) in [6, 6.07) is 0. The van der Waals surface area contributed by atoms with Crippen molar-refractivity contribution in [3.05, 3.63) is 109 Å². The fourth-order valence-corrected chi connectivity index (χ4v) is 8.92. The molecule has 1 unspecified atom stereocenters. The Labute approximate surface area is 476 Å². The van der Waals surface area contributed by atoms with Gasteiger partial charge in [0.2, 0.25) is 0 Å². The van der Waals surface area contributed by atoms with Crippen LogP contribution in [0.1, 0.15) is 303 Å². The first-order valence-electron chi connectivity index (χ1n) is 32.4. The molecule has 0 bridgehead atoms. The zero-order valence-electron chi connectivity index (χ0n) is 50.4. The molecular weight excluding hydrogens is 949 g/mol. The highest BCUT2D eigenvalue weighted by Gasteiger charge is 2.19. The van der Waals surface area contributed by atoms with Crippen molar-refractivity contribution < 1.29 is 28.6 Å². The molecule has 1 atom stereocenters. The van der Waals surface area contributed by atoms with Crippen LogP contribution in [0.3, 0.4) is 0 Å². The first-order valence-corrected chi connectivity index (χ1v) is 32.4. The molecule has 6 nitrogen and oxygen atoms in total. The molecule has 0 aliphatic heterocycles. The maximum Gasteiger partial charge on any atom is 0.306 e. The van der Waals surface area contributed by atoms with Gasteiger partial charge in [-0.2, -0.15) is 0 Å². The van der Waals surface area contributed by atoms with Gasteiger partial charge in [-0.3, -0.25) is 14.4 Å². The molecule has 6 heteroatoms. The number of rotatable bonds is 58. The van der Waals surface area contributed by atoms with Crippen molar-refractivity contribution in [1.29, 1.82) is 0 Å². The van der Waals surface area contributed by atoms with Crippen LogP contribution in [0.25, 0.3) is 0 Å². The largest absolute Gasteiger partial charge is 0.462 e. The van der Waals surface area contributed by atoms with Gasteiger partial charge in [-0.1, -0.05) is 284 Å². The molecule has 0 saturated heterocycles. The smallest absolute Gasteiger partial charge is 0.306 e. The Morgan fingerprint density at radius 3 is 0.818 bits per heavy atom. The molecule has 0 fully saturated rings. The molecule has 440 valence electrons. The Kier molecular flexibility index (Phi) is 61.3. The molecule has 0 aromatic heterocycles. The number of hydrogen-bond acceptors (Lipinski definition) is 6. The van der Waals surface area contributed by atoms with Crippen LogP contribution in [0.5, 0.6) is 0 Å². The molecule has 77 heavy (non-hydrogen) atoms. The third-order valence-electron chi connectivity index (χ3n) is 13.8. The van der Waals surface area contributed by atoms with E-state index < -0.39 is 6.10 Å². The summed E-state index contributed by atoms with van der Waals surface area (Å²) in [7, 11) is 0. The van der Waals surface area contributed by atoms with E-state index >= 15 is 0 Å². The second-order valence-electron chi connectivity index (χ2n) is 21.3. The lowest BCUT2D eigenvalue weighted by Crippen LogP contribution is -2.30. The van der Waals surface area contributed by atoms with E-state index in [1.807, 2.05) is 0 Å². The predicted molar refractivity (Wildman–Crippen MR) is 334 cm³/mol. The number of ether oxygens (including phenoxy) is 3. The third-order valence-corrected chi connectivity index (χ3v) is 13.8. The Hall–Kier alpha value is -3.93. The maximum absolute atomic E-state index is 12.8. The maximum atomic E-state index is 12.8. The summed E-state index contributed by atoms with van der Waals surface area (Å²) in [6.45, 7) is 6.46. The molecule has 0 radical (unpaired) electrons. The molecule has 0 aliphatic rings. The molecular formula is C71H120O6. The topological polar surface area (TPSA) is 78.9 Å². The van der Waals surface area contributed by atoms with Crippen LogP contribution in [0.15, 0.2) is 109 Å². The number of carbonyl (C=O) groups is 3. The minimum absolute atomic E-state index is 0.0814. The normalized spacial score (nSPS) is 12.8. The average Bonchev–Trinajstić information content (AvgIpc) is 3.43. The average molecular weight is 1070 g/mol. The van der Waals surface area contributed by atoms with Crippen molar-refractivity contribution in [2.75, 3.05) is 13.2 Å². The summed E-state index contributed by atoms with van der Waals surface area (Å²) >= 11 is 0. The van der Waals surface area contributed by atoms with Gasteiger partial charge in [0, 0.05) is 19.3 Å². The summed E-state index contributed by atoms with van der Waals surface area (Å²) in [6.07, 6.45) is 88.4. The highest BCUT2D eigenvalue weighted by molar-refractivity contribution is 5.71. The molecule has 0 aliphatic carbocycles. The molecule has 0 spiro atoms. The number of allylic oxidation sites excluding steroid dienone is 18. The summed E-state index contributed by atoms with van der Waals surface area (Å²) in [4.78, 5) is 38.1. The fourth-order valence-electron chi connectivity index (χ4n) is 8.92. The predicted octanol–water partition coefficient (Wildman–Crippen LogP) is 22.2. The SMILES string of the molecule is CC/C=C\C/C=C\C/C=C\C/C=C\C/C=C\C/C=C\CCCCCCCCCCCCCCCCC(=O)OCC(COC(=O)CCCCCCCCC)OC(=O)CCCCCCCC/C=C\C/C=C\C/C=C\CCCCC. The molecule has 0 aromatic carbocycles. The summed E-state index contributed by atoms with van der Waals surface area (Å²) in [5, 5.41) is 0. The van der Waals surface area contributed by atoms with Gasteiger partial charge in [-0.15, -0.1) is 0 Å². The zero-order valence-corrected chi connectivity index (χ0v) is 50.4. The van der Waals surface area contributed by atoms with Crippen LogP contribution < -0.4 is 0 Å². The van der Waals surface area contributed by atoms with E-state index in [-0.39, 0.29) is 31.1 Å². The summed E-state index contributed by atoms with van der Waals surface area (Å²) in [5.74, 6) is -0.894. The molecule has 0 N–H and O–H groups in total. The van der Waals surface area contributed by atoms with E-state index in [1.54, 1.807) is 0 Å². The van der Waals surface area contributed by atoms with Crippen LogP contribution >= 0.6 is 0 Å². The van der Waals surface area contributed by atoms with Gasteiger partial charge < -0.3 is 14.2 Å². The van der Waals surface area contributed by atoms with Crippen molar-refractivity contribution in [3.63, 3.8) is 0 Å². The van der Waals surface area contributed by atoms with E-state index in [0.717, 1.165) is 122 Å².